The number of aliphatic hydroxyl groups is 2. The van der Waals surface area contributed by atoms with Crippen molar-refractivity contribution in [2.45, 2.75) is 69.6 Å². The van der Waals surface area contributed by atoms with Crippen molar-refractivity contribution in [2.75, 3.05) is 19.7 Å². The molecule has 0 saturated heterocycles. The number of carbonyl (C=O) groups excluding carboxylic acids is 2. The van der Waals surface area contributed by atoms with Crippen molar-refractivity contribution < 1.29 is 24.5 Å². The Morgan fingerprint density at radius 1 is 1.12 bits per heavy atom. The quantitative estimate of drug-likeness (QED) is 0.389. The maximum atomic E-state index is 13.4. The van der Waals surface area contributed by atoms with E-state index in [-0.39, 0.29) is 37.3 Å². The molecule has 2 amide bonds. The molecule has 0 unspecified atom stereocenters. The molecule has 2 fully saturated rings. The third kappa shape index (κ3) is 6.31. The zero-order chi connectivity index (χ0) is 24.1. The van der Waals surface area contributed by atoms with Crippen LogP contribution in [-0.2, 0) is 9.59 Å². The first-order valence-corrected chi connectivity index (χ1v) is 13.5. The minimum Gasteiger partial charge on any atom is -0.482 e. The third-order valence-corrected chi connectivity index (χ3v) is 7.99. The van der Waals surface area contributed by atoms with Gasteiger partial charge in [-0.05, 0) is 72.4 Å². The Morgan fingerprint density at radius 2 is 1.85 bits per heavy atom. The van der Waals surface area contributed by atoms with Crippen molar-refractivity contribution >= 4 is 34.4 Å². The topological polar surface area (TPSA) is 99.1 Å². The van der Waals surface area contributed by atoms with Gasteiger partial charge in [-0.3, -0.25) is 9.59 Å². The fourth-order valence-electron chi connectivity index (χ4n) is 5.07. The number of benzene rings is 1. The smallest absolute Gasteiger partial charge is 0.247 e. The molecule has 0 spiro atoms. The van der Waals surface area contributed by atoms with Gasteiger partial charge in [0.1, 0.15) is 18.0 Å². The SMILES string of the molecule is O=C(NCCO)C1=C[C@H](Oc2ccccc2I)[C@@H](O)[C@H](N(CC2CCCCC2)C(=O)C2CC2)C1. The lowest BCUT2D eigenvalue weighted by Gasteiger charge is -2.42. The minimum absolute atomic E-state index is 0.0304. The molecule has 0 heterocycles. The molecule has 186 valence electrons. The van der Waals surface area contributed by atoms with Crippen LogP contribution in [0.3, 0.4) is 0 Å². The first-order valence-electron chi connectivity index (χ1n) is 12.5. The summed E-state index contributed by atoms with van der Waals surface area (Å²) in [6, 6.07) is 7.02. The Bertz CT molecular complexity index is 897. The Kier molecular flexibility index (Phi) is 8.87. The second-order valence-electron chi connectivity index (χ2n) is 9.72. The molecule has 3 N–H and O–H groups in total. The van der Waals surface area contributed by atoms with E-state index >= 15 is 0 Å². The van der Waals surface area contributed by atoms with Crippen LogP contribution in [0.25, 0.3) is 0 Å². The zero-order valence-corrected chi connectivity index (χ0v) is 21.7. The van der Waals surface area contributed by atoms with Crippen LogP contribution in [0.4, 0.5) is 0 Å². The average Bonchev–Trinajstić information content (AvgIpc) is 3.70. The highest BCUT2D eigenvalue weighted by molar-refractivity contribution is 14.1. The summed E-state index contributed by atoms with van der Waals surface area (Å²) in [6.45, 7) is 0.623. The van der Waals surface area contributed by atoms with Crippen LogP contribution >= 0.6 is 22.6 Å². The molecular weight excluding hydrogens is 547 g/mol. The van der Waals surface area contributed by atoms with Crippen molar-refractivity contribution in [3.8, 4) is 5.75 Å². The Balaban J connectivity index is 1.61. The highest BCUT2D eigenvalue weighted by Crippen LogP contribution is 2.37. The highest BCUT2D eigenvalue weighted by atomic mass is 127. The molecule has 3 aliphatic carbocycles. The van der Waals surface area contributed by atoms with Gasteiger partial charge in [0.2, 0.25) is 11.8 Å². The van der Waals surface area contributed by atoms with Gasteiger partial charge in [0.05, 0.1) is 16.2 Å². The lowest BCUT2D eigenvalue weighted by molar-refractivity contribution is -0.141. The summed E-state index contributed by atoms with van der Waals surface area (Å²) in [5.41, 5.74) is 0.483. The monoisotopic (exact) mass is 582 g/mol. The summed E-state index contributed by atoms with van der Waals surface area (Å²) in [4.78, 5) is 28.2. The van der Waals surface area contributed by atoms with E-state index in [9.17, 15) is 14.7 Å². The van der Waals surface area contributed by atoms with Gasteiger partial charge in [0, 0.05) is 31.0 Å². The molecular formula is C26H35IN2O5. The van der Waals surface area contributed by atoms with Gasteiger partial charge in [-0.2, -0.15) is 0 Å². The predicted molar refractivity (Wildman–Crippen MR) is 137 cm³/mol. The molecule has 8 heteroatoms. The Morgan fingerprint density at radius 3 is 2.53 bits per heavy atom. The zero-order valence-electron chi connectivity index (χ0n) is 19.5. The number of hydrogen-bond donors (Lipinski definition) is 3. The average molecular weight is 582 g/mol. The summed E-state index contributed by atoms with van der Waals surface area (Å²) >= 11 is 2.18. The Hall–Kier alpha value is -1.65. The van der Waals surface area contributed by atoms with Crippen LogP contribution in [-0.4, -0.2) is 64.9 Å². The van der Waals surface area contributed by atoms with Crippen molar-refractivity contribution in [1.29, 1.82) is 0 Å². The van der Waals surface area contributed by atoms with Gasteiger partial charge in [0.15, 0.2) is 0 Å². The maximum Gasteiger partial charge on any atom is 0.247 e. The van der Waals surface area contributed by atoms with Crippen molar-refractivity contribution in [3.63, 3.8) is 0 Å². The number of rotatable bonds is 9. The fraction of sp³-hybridized carbons (Fsp3) is 0.615. The van der Waals surface area contributed by atoms with Gasteiger partial charge in [-0.25, -0.2) is 0 Å². The fourth-order valence-corrected chi connectivity index (χ4v) is 5.58. The Labute approximate surface area is 215 Å². The number of hydrogen-bond acceptors (Lipinski definition) is 5. The first-order chi connectivity index (χ1) is 16.5. The maximum absolute atomic E-state index is 13.4. The molecule has 7 nitrogen and oxygen atoms in total. The van der Waals surface area contributed by atoms with E-state index in [1.807, 2.05) is 29.2 Å². The van der Waals surface area contributed by atoms with Crippen LogP contribution in [0.15, 0.2) is 35.9 Å². The van der Waals surface area contributed by atoms with Crippen molar-refractivity contribution in [3.05, 3.63) is 39.5 Å². The molecule has 2 saturated carbocycles. The normalized spacial score (nSPS) is 25.4. The van der Waals surface area contributed by atoms with E-state index in [1.54, 1.807) is 6.08 Å². The number of aliphatic hydroxyl groups excluding tert-OH is 2. The summed E-state index contributed by atoms with van der Waals surface area (Å²) < 4.78 is 7.11. The number of nitrogens with zero attached hydrogens (tertiary/aromatic N) is 1. The van der Waals surface area contributed by atoms with Gasteiger partial charge < -0.3 is 25.2 Å². The number of carbonyl (C=O) groups is 2. The van der Waals surface area contributed by atoms with Crippen LogP contribution in [0.2, 0.25) is 0 Å². The van der Waals surface area contributed by atoms with Gasteiger partial charge in [-0.15, -0.1) is 0 Å². The van der Waals surface area contributed by atoms with Gasteiger partial charge in [0.25, 0.3) is 0 Å². The molecule has 3 aliphatic rings. The van der Waals surface area contributed by atoms with Crippen LogP contribution < -0.4 is 10.1 Å². The largest absolute Gasteiger partial charge is 0.482 e. The van der Waals surface area contributed by atoms with Crippen LogP contribution in [0.5, 0.6) is 5.75 Å². The predicted octanol–water partition coefficient (Wildman–Crippen LogP) is 3.03. The minimum atomic E-state index is -0.948. The number of nitrogens with one attached hydrogen (secondary N) is 1. The molecule has 34 heavy (non-hydrogen) atoms. The van der Waals surface area contributed by atoms with E-state index < -0.39 is 18.2 Å². The molecule has 4 rings (SSSR count). The number of ether oxygens (including phenoxy) is 1. The molecule has 0 radical (unpaired) electrons. The molecule has 0 bridgehead atoms. The summed E-state index contributed by atoms with van der Waals surface area (Å²) in [5.74, 6) is 0.892. The number of halogens is 1. The van der Waals surface area contributed by atoms with Crippen LogP contribution in [0, 0.1) is 15.4 Å². The lowest BCUT2D eigenvalue weighted by atomic mass is 9.85. The second-order valence-corrected chi connectivity index (χ2v) is 10.9. The van der Waals surface area contributed by atoms with E-state index in [0.717, 1.165) is 29.3 Å². The second kappa shape index (κ2) is 11.9. The van der Waals surface area contributed by atoms with Gasteiger partial charge >= 0.3 is 0 Å². The van der Waals surface area contributed by atoms with Crippen molar-refractivity contribution in [2.24, 2.45) is 11.8 Å². The number of para-hydroxylation sites is 1. The lowest BCUT2D eigenvalue weighted by Crippen LogP contribution is -2.56. The summed E-state index contributed by atoms with van der Waals surface area (Å²) in [5, 5.41) is 23.3. The van der Waals surface area contributed by atoms with Crippen molar-refractivity contribution in [1.82, 2.24) is 10.2 Å². The van der Waals surface area contributed by atoms with Crippen LogP contribution in [0.1, 0.15) is 51.4 Å². The van der Waals surface area contributed by atoms with E-state index in [1.165, 1.54) is 19.3 Å². The molecule has 3 atom stereocenters. The highest BCUT2D eigenvalue weighted by Gasteiger charge is 2.44. The summed E-state index contributed by atoms with van der Waals surface area (Å²) in [7, 11) is 0. The third-order valence-electron chi connectivity index (χ3n) is 7.10. The molecule has 1 aromatic rings. The summed E-state index contributed by atoms with van der Waals surface area (Å²) in [6.07, 6.45) is 7.82. The van der Waals surface area contributed by atoms with E-state index in [0.29, 0.717) is 23.8 Å². The molecule has 0 aromatic heterocycles. The van der Waals surface area contributed by atoms with E-state index in [2.05, 4.69) is 27.9 Å². The number of amides is 2. The molecule has 0 aliphatic heterocycles. The molecule has 1 aromatic carbocycles. The first kappa shape index (κ1) is 25.4. The standard InChI is InChI=1S/C26H35IN2O5/c27-20-8-4-5-9-22(20)34-23-15-19(25(32)28-12-13-30)14-21(24(23)31)29(26(33)18-10-11-18)16-17-6-2-1-3-7-17/h4-5,8-9,15,17-18,21,23-24,30-31H,1-3,6-7,10-14,16H2,(H,28,32)/t21-,23+,24+/m1/s1. The van der Waals surface area contributed by atoms with E-state index in [4.69, 9.17) is 9.84 Å². The van der Waals surface area contributed by atoms with Gasteiger partial charge in [-0.1, -0.05) is 31.4 Å².